The zero-order valence-corrected chi connectivity index (χ0v) is 13.2. The SMILES string of the molecule is COc1cc(Br)cc(NC2=NCC(C)(C)CS2)c1. The lowest BCUT2D eigenvalue weighted by atomic mass is 9.97. The van der Waals surface area contributed by atoms with Gasteiger partial charge in [-0.2, -0.15) is 0 Å². The number of rotatable bonds is 2. The third kappa shape index (κ3) is 3.65. The molecule has 1 aromatic carbocycles. The lowest BCUT2D eigenvalue weighted by Crippen LogP contribution is -2.27. The fourth-order valence-electron chi connectivity index (χ4n) is 1.59. The largest absolute Gasteiger partial charge is 0.497 e. The van der Waals surface area contributed by atoms with E-state index in [2.05, 4.69) is 40.1 Å². The lowest BCUT2D eigenvalue weighted by molar-refractivity contribution is 0.415. The maximum atomic E-state index is 5.24. The average Bonchev–Trinajstić information content (AvgIpc) is 2.31. The number of hydrogen-bond donors (Lipinski definition) is 1. The number of nitrogens with zero attached hydrogens (tertiary/aromatic N) is 1. The molecule has 0 radical (unpaired) electrons. The highest BCUT2D eigenvalue weighted by Gasteiger charge is 2.23. The van der Waals surface area contributed by atoms with E-state index < -0.39 is 0 Å². The van der Waals surface area contributed by atoms with E-state index in [-0.39, 0.29) is 0 Å². The summed E-state index contributed by atoms with van der Waals surface area (Å²) in [5.41, 5.74) is 1.29. The standard InChI is InChI=1S/C13H17BrN2OS/c1-13(2)7-15-12(18-8-13)16-10-4-9(14)5-11(6-10)17-3/h4-6H,7-8H2,1-3H3,(H,15,16). The van der Waals surface area contributed by atoms with Gasteiger partial charge in [0.1, 0.15) is 5.75 Å². The van der Waals surface area contributed by atoms with Crippen molar-refractivity contribution in [1.29, 1.82) is 0 Å². The van der Waals surface area contributed by atoms with Crippen molar-refractivity contribution in [1.82, 2.24) is 0 Å². The first-order valence-electron chi connectivity index (χ1n) is 5.77. The predicted molar refractivity (Wildman–Crippen MR) is 82.9 cm³/mol. The van der Waals surface area contributed by atoms with Gasteiger partial charge in [0.2, 0.25) is 0 Å². The highest BCUT2D eigenvalue weighted by molar-refractivity contribution is 9.10. The van der Waals surface area contributed by atoms with E-state index in [0.29, 0.717) is 5.41 Å². The molecular formula is C13H17BrN2OS. The molecule has 0 fully saturated rings. The summed E-state index contributed by atoms with van der Waals surface area (Å²) >= 11 is 5.24. The predicted octanol–water partition coefficient (Wildman–Crippen LogP) is 4.00. The fraction of sp³-hybridized carbons (Fsp3) is 0.462. The second kappa shape index (κ2) is 5.53. The van der Waals surface area contributed by atoms with E-state index >= 15 is 0 Å². The van der Waals surface area contributed by atoms with Crippen molar-refractivity contribution in [3.8, 4) is 5.75 Å². The van der Waals surface area contributed by atoms with Gasteiger partial charge in [-0.15, -0.1) is 0 Å². The van der Waals surface area contributed by atoms with Crippen molar-refractivity contribution in [2.24, 2.45) is 10.4 Å². The number of ether oxygens (including phenoxy) is 1. The molecule has 0 aromatic heterocycles. The van der Waals surface area contributed by atoms with E-state index in [1.807, 2.05) is 18.2 Å². The van der Waals surface area contributed by atoms with E-state index in [4.69, 9.17) is 4.74 Å². The van der Waals surface area contributed by atoms with Crippen LogP contribution in [0.5, 0.6) is 5.75 Å². The van der Waals surface area contributed by atoms with Crippen molar-refractivity contribution < 1.29 is 4.74 Å². The molecule has 0 aliphatic carbocycles. The normalized spacial score (nSPS) is 18.1. The summed E-state index contributed by atoms with van der Waals surface area (Å²) in [6, 6.07) is 5.92. The number of benzene rings is 1. The smallest absolute Gasteiger partial charge is 0.161 e. The van der Waals surface area contributed by atoms with Crippen molar-refractivity contribution in [2.75, 3.05) is 24.7 Å². The minimum atomic E-state index is 0.296. The number of hydrogen-bond acceptors (Lipinski definition) is 4. The molecule has 1 aliphatic rings. The van der Waals surface area contributed by atoms with Crippen LogP contribution in [0.4, 0.5) is 5.69 Å². The Labute approximate surface area is 121 Å². The molecule has 5 heteroatoms. The zero-order valence-electron chi connectivity index (χ0n) is 10.8. The molecule has 1 aliphatic heterocycles. The van der Waals surface area contributed by atoms with Crippen molar-refractivity contribution in [2.45, 2.75) is 13.8 Å². The highest BCUT2D eigenvalue weighted by atomic mass is 79.9. The molecular weight excluding hydrogens is 312 g/mol. The van der Waals surface area contributed by atoms with Gasteiger partial charge >= 0.3 is 0 Å². The van der Waals surface area contributed by atoms with Gasteiger partial charge in [-0.1, -0.05) is 41.5 Å². The monoisotopic (exact) mass is 328 g/mol. The van der Waals surface area contributed by atoms with Gasteiger partial charge in [-0.3, -0.25) is 4.99 Å². The Morgan fingerprint density at radius 3 is 2.78 bits per heavy atom. The van der Waals surface area contributed by atoms with Crippen LogP contribution in [0.2, 0.25) is 0 Å². The highest BCUT2D eigenvalue weighted by Crippen LogP contribution is 2.30. The Morgan fingerprint density at radius 1 is 1.39 bits per heavy atom. The average molecular weight is 329 g/mol. The van der Waals surface area contributed by atoms with Crippen LogP contribution in [0.25, 0.3) is 0 Å². The van der Waals surface area contributed by atoms with Gasteiger partial charge in [0.15, 0.2) is 5.17 Å². The first-order chi connectivity index (χ1) is 8.48. The molecule has 3 nitrogen and oxygen atoms in total. The fourth-order valence-corrected chi connectivity index (χ4v) is 3.03. The van der Waals surface area contributed by atoms with Crippen molar-refractivity contribution in [3.63, 3.8) is 0 Å². The van der Waals surface area contributed by atoms with Crippen LogP contribution in [-0.2, 0) is 0 Å². The Balaban J connectivity index is 2.10. The molecule has 1 heterocycles. The number of amidine groups is 1. The number of aliphatic imine (C=N–C) groups is 1. The lowest BCUT2D eigenvalue weighted by Gasteiger charge is -2.27. The molecule has 0 saturated carbocycles. The van der Waals surface area contributed by atoms with Gasteiger partial charge in [0, 0.05) is 28.5 Å². The summed E-state index contributed by atoms with van der Waals surface area (Å²) in [5.74, 6) is 1.91. The Bertz CT molecular complexity index is 474. The van der Waals surface area contributed by atoms with Gasteiger partial charge in [-0.25, -0.2) is 0 Å². The molecule has 0 unspecified atom stereocenters. The van der Waals surface area contributed by atoms with Gasteiger partial charge in [0.25, 0.3) is 0 Å². The Morgan fingerprint density at radius 2 is 2.17 bits per heavy atom. The van der Waals surface area contributed by atoms with Crippen LogP contribution >= 0.6 is 27.7 Å². The Hall–Kier alpha value is -0.680. The first kappa shape index (κ1) is 13.7. The van der Waals surface area contributed by atoms with Gasteiger partial charge in [-0.05, 0) is 17.5 Å². The third-order valence-electron chi connectivity index (χ3n) is 2.61. The van der Waals surface area contributed by atoms with Gasteiger partial charge in [0.05, 0.1) is 7.11 Å². The molecule has 0 saturated heterocycles. The summed E-state index contributed by atoms with van der Waals surface area (Å²) in [6.45, 7) is 5.35. The van der Waals surface area contributed by atoms with E-state index in [0.717, 1.165) is 33.4 Å². The van der Waals surface area contributed by atoms with Crippen molar-refractivity contribution in [3.05, 3.63) is 22.7 Å². The topological polar surface area (TPSA) is 33.6 Å². The maximum Gasteiger partial charge on any atom is 0.161 e. The van der Waals surface area contributed by atoms with E-state index in [1.54, 1.807) is 18.9 Å². The minimum absolute atomic E-state index is 0.296. The third-order valence-corrected chi connectivity index (χ3v) is 4.50. The molecule has 0 spiro atoms. The zero-order chi connectivity index (χ0) is 13.2. The second-order valence-electron chi connectivity index (χ2n) is 5.08. The second-order valence-corrected chi connectivity index (χ2v) is 6.96. The van der Waals surface area contributed by atoms with Crippen LogP contribution in [-0.4, -0.2) is 24.6 Å². The van der Waals surface area contributed by atoms with Crippen LogP contribution < -0.4 is 10.1 Å². The number of thioether (sulfide) groups is 1. The quantitative estimate of drug-likeness (QED) is 0.890. The number of nitrogens with one attached hydrogen (secondary N) is 1. The maximum absolute atomic E-state index is 5.24. The van der Waals surface area contributed by atoms with E-state index in [9.17, 15) is 0 Å². The molecule has 2 rings (SSSR count). The minimum Gasteiger partial charge on any atom is -0.497 e. The van der Waals surface area contributed by atoms with Crippen LogP contribution in [0.15, 0.2) is 27.7 Å². The number of anilines is 1. The molecule has 0 atom stereocenters. The summed E-state index contributed by atoms with van der Waals surface area (Å²) in [7, 11) is 1.67. The molecule has 1 N–H and O–H groups in total. The molecule has 1 aromatic rings. The van der Waals surface area contributed by atoms with Crippen LogP contribution in [0.3, 0.4) is 0 Å². The molecule has 98 valence electrons. The molecule has 0 amide bonds. The number of halogens is 1. The van der Waals surface area contributed by atoms with E-state index in [1.165, 1.54) is 0 Å². The summed E-state index contributed by atoms with van der Waals surface area (Å²) in [4.78, 5) is 4.58. The molecule has 0 bridgehead atoms. The number of methoxy groups -OCH3 is 1. The van der Waals surface area contributed by atoms with Crippen molar-refractivity contribution >= 4 is 38.5 Å². The Kier molecular flexibility index (Phi) is 4.22. The van der Waals surface area contributed by atoms with Crippen LogP contribution in [0, 0.1) is 5.41 Å². The van der Waals surface area contributed by atoms with Gasteiger partial charge < -0.3 is 10.1 Å². The summed E-state index contributed by atoms with van der Waals surface area (Å²) in [5, 5.41) is 4.32. The first-order valence-corrected chi connectivity index (χ1v) is 7.55. The summed E-state index contributed by atoms with van der Waals surface area (Å²) < 4.78 is 6.23. The van der Waals surface area contributed by atoms with Crippen LogP contribution in [0.1, 0.15) is 13.8 Å². The molecule has 18 heavy (non-hydrogen) atoms. The summed E-state index contributed by atoms with van der Waals surface area (Å²) in [6.07, 6.45) is 0.